The zero-order valence-electron chi connectivity index (χ0n) is 16.3. The lowest BCUT2D eigenvalue weighted by Gasteiger charge is -2.36. The van der Waals surface area contributed by atoms with Crippen molar-refractivity contribution in [2.24, 2.45) is 0 Å². The van der Waals surface area contributed by atoms with Crippen molar-refractivity contribution in [2.75, 3.05) is 59.0 Å². The van der Waals surface area contributed by atoms with Gasteiger partial charge in [-0.25, -0.2) is 0 Å². The van der Waals surface area contributed by atoms with E-state index in [0.29, 0.717) is 83.6 Å². The maximum atomic E-state index is 12.5. The van der Waals surface area contributed by atoms with E-state index >= 15 is 0 Å². The molecule has 2 fully saturated rings. The Morgan fingerprint density at radius 1 is 1.03 bits per heavy atom. The molecule has 0 radical (unpaired) electrons. The molecule has 0 unspecified atom stereocenters. The summed E-state index contributed by atoms with van der Waals surface area (Å²) in [6.45, 7) is 5.68. The lowest BCUT2D eigenvalue weighted by Crippen LogP contribution is -2.52. The maximum absolute atomic E-state index is 12.5. The highest BCUT2D eigenvalue weighted by molar-refractivity contribution is 7.13. The number of morpholine rings is 1. The van der Waals surface area contributed by atoms with Gasteiger partial charge in [0.15, 0.2) is 0 Å². The van der Waals surface area contributed by atoms with E-state index in [9.17, 15) is 9.59 Å². The second-order valence-electron chi connectivity index (χ2n) is 7.14. The lowest BCUT2D eigenvalue weighted by atomic mass is 10.2. The number of hydrogen-bond acceptors (Lipinski definition) is 8. The fourth-order valence-electron chi connectivity index (χ4n) is 3.49. The molecule has 2 aliphatic rings. The van der Waals surface area contributed by atoms with Crippen molar-refractivity contribution in [3.8, 4) is 10.7 Å². The minimum atomic E-state index is 0.0834. The van der Waals surface area contributed by atoms with Crippen LogP contribution >= 0.6 is 11.3 Å². The van der Waals surface area contributed by atoms with Crippen LogP contribution in [0.2, 0.25) is 0 Å². The molecule has 2 amide bonds. The average Bonchev–Trinajstić information content (AvgIpc) is 3.45. The van der Waals surface area contributed by atoms with Crippen molar-refractivity contribution in [1.82, 2.24) is 24.8 Å². The van der Waals surface area contributed by atoms with Gasteiger partial charge in [-0.05, 0) is 11.4 Å². The Labute approximate surface area is 173 Å². The first-order valence-electron chi connectivity index (χ1n) is 9.91. The van der Waals surface area contributed by atoms with Crippen LogP contribution < -0.4 is 0 Å². The first-order valence-corrected chi connectivity index (χ1v) is 10.8. The van der Waals surface area contributed by atoms with Crippen molar-refractivity contribution in [1.29, 1.82) is 0 Å². The fraction of sp³-hybridized carbons (Fsp3) is 0.579. The molecule has 0 spiro atoms. The number of nitrogens with zero attached hydrogens (tertiary/aromatic N) is 5. The summed E-state index contributed by atoms with van der Waals surface area (Å²) in [5.41, 5.74) is 0. The van der Waals surface area contributed by atoms with Crippen LogP contribution in [0.4, 0.5) is 0 Å². The Morgan fingerprint density at radius 3 is 2.52 bits per heavy atom. The highest BCUT2D eigenvalue weighted by Gasteiger charge is 2.25. The number of ether oxygens (including phenoxy) is 1. The molecule has 2 aromatic heterocycles. The van der Waals surface area contributed by atoms with E-state index in [1.807, 2.05) is 27.3 Å². The van der Waals surface area contributed by atoms with E-state index in [-0.39, 0.29) is 11.8 Å². The van der Waals surface area contributed by atoms with Crippen molar-refractivity contribution in [3.63, 3.8) is 0 Å². The van der Waals surface area contributed by atoms with Crippen LogP contribution in [0.25, 0.3) is 10.7 Å². The average molecular weight is 420 g/mol. The van der Waals surface area contributed by atoms with Crippen LogP contribution in [-0.4, -0.2) is 95.7 Å². The van der Waals surface area contributed by atoms with Gasteiger partial charge >= 0.3 is 0 Å². The number of aromatic nitrogens is 2. The van der Waals surface area contributed by atoms with Crippen LogP contribution in [-0.2, 0) is 20.7 Å². The van der Waals surface area contributed by atoms with Crippen LogP contribution in [0.15, 0.2) is 22.0 Å². The van der Waals surface area contributed by atoms with E-state index in [4.69, 9.17) is 9.26 Å². The number of thiophene rings is 1. The summed E-state index contributed by atoms with van der Waals surface area (Å²) in [6, 6.07) is 3.88. The number of piperazine rings is 1. The second kappa shape index (κ2) is 9.47. The molecular weight excluding hydrogens is 394 g/mol. The SMILES string of the molecule is O=C(CCc1nc(-c2cccs2)no1)N1CCN(CC(=O)N2CCOCC2)CC1. The fourth-order valence-corrected chi connectivity index (χ4v) is 4.14. The quantitative estimate of drug-likeness (QED) is 0.682. The number of rotatable bonds is 6. The Morgan fingerprint density at radius 2 is 1.79 bits per heavy atom. The van der Waals surface area contributed by atoms with Crippen LogP contribution in [0, 0.1) is 0 Å². The number of hydrogen-bond donors (Lipinski definition) is 0. The van der Waals surface area contributed by atoms with Gasteiger partial charge < -0.3 is 19.1 Å². The monoisotopic (exact) mass is 419 g/mol. The third-order valence-electron chi connectivity index (χ3n) is 5.21. The molecular formula is C19H25N5O4S. The van der Waals surface area contributed by atoms with Gasteiger partial charge in [-0.15, -0.1) is 11.3 Å². The van der Waals surface area contributed by atoms with Crippen molar-refractivity contribution in [3.05, 3.63) is 23.4 Å². The molecule has 0 saturated carbocycles. The summed E-state index contributed by atoms with van der Waals surface area (Å²) in [5, 5.41) is 5.94. The highest BCUT2D eigenvalue weighted by atomic mass is 32.1. The minimum absolute atomic E-state index is 0.0834. The van der Waals surface area contributed by atoms with Gasteiger partial charge in [0.1, 0.15) is 0 Å². The number of carbonyl (C=O) groups is 2. The molecule has 9 nitrogen and oxygen atoms in total. The van der Waals surface area contributed by atoms with Crippen molar-refractivity contribution >= 4 is 23.2 Å². The Kier molecular flexibility index (Phi) is 6.53. The molecule has 0 aliphatic carbocycles. The maximum Gasteiger partial charge on any atom is 0.236 e. The van der Waals surface area contributed by atoms with Gasteiger partial charge in [-0.2, -0.15) is 4.98 Å². The van der Waals surface area contributed by atoms with E-state index in [2.05, 4.69) is 15.0 Å². The largest absolute Gasteiger partial charge is 0.378 e. The van der Waals surface area contributed by atoms with Crippen LogP contribution in [0.1, 0.15) is 12.3 Å². The molecule has 2 aromatic rings. The summed E-state index contributed by atoms with van der Waals surface area (Å²) < 4.78 is 10.5. The minimum Gasteiger partial charge on any atom is -0.378 e. The van der Waals surface area contributed by atoms with Gasteiger partial charge in [-0.1, -0.05) is 11.2 Å². The first-order chi connectivity index (χ1) is 14.2. The normalized spacial score (nSPS) is 18.2. The lowest BCUT2D eigenvalue weighted by molar-refractivity contribution is -0.138. The third kappa shape index (κ3) is 5.20. The molecule has 2 aliphatic heterocycles. The Hall–Kier alpha value is -2.30. The zero-order valence-corrected chi connectivity index (χ0v) is 17.1. The Balaban J connectivity index is 1.18. The van der Waals surface area contributed by atoms with Gasteiger partial charge in [0.05, 0.1) is 24.6 Å². The zero-order chi connectivity index (χ0) is 20.1. The Bertz CT molecular complexity index is 810. The van der Waals surface area contributed by atoms with Gasteiger partial charge in [0, 0.05) is 52.1 Å². The molecule has 29 heavy (non-hydrogen) atoms. The molecule has 0 aromatic carbocycles. The summed E-state index contributed by atoms with van der Waals surface area (Å²) in [6.07, 6.45) is 0.783. The summed E-state index contributed by atoms with van der Waals surface area (Å²) in [5.74, 6) is 1.28. The standard InChI is InChI=1S/C19H25N5O4S/c25-17(4-3-16-20-19(21-28-16)15-2-1-13-29-15)23-7-5-22(6-8-23)14-18(26)24-9-11-27-12-10-24/h1-2,13H,3-12,14H2. The molecule has 0 N–H and O–H groups in total. The van der Waals surface area contributed by atoms with E-state index in [0.717, 1.165) is 4.88 Å². The van der Waals surface area contributed by atoms with Gasteiger partial charge in [-0.3, -0.25) is 14.5 Å². The summed E-state index contributed by atoms with van der Waals surface area (Å²) in [4.78, 5) is 36.0. The molecule has 0 atom stereocenters. The number of aryl methyl sites for hydroxylation is 1. The topological polar surface area (TPSA) is 92.0 Å². The van der Waals surface area contributed by atoms with Gasteiger partial charge in [0.2, 0.25) is 23.5 Å². The van der Waals surface area contributed by atoms with Crippen molar-refractivity contribution in [2.45, 2.75) is 12.8 Å². The number of carbonyl (C=O) groups excluding carboxylic acids is 2. The molecule has 4 heterocycles. The summed E-state index contributed by atoms with van der Waals surface area (Å²) in [7, 11) is 0. The molecule has 156 valence electrons. The smallest absolute Gasteiger partial charge is 0.236 e. The van der Waals surface area contributed by atoms with E-state index in [1.165, 1.54) is 0 Å². The molecule has 4 rings (SSSR count). The molecule has 10 heteroatoms. The molecule has 2 saturated heterocycles. The highest BCUT2D eigenvalue weighted by Crippen LogP contribution is 2.21. The summed E-state index contributed by atoms with van der Waals surface area (Å²) >= 11 is 1.55. The first kappa shape index (κ1) is 20.0. The van der Waals surface area contributed by atoms with E-state index in [1.54, 1.807) is 11.3 Å². The number of amides is 2. The van der Waals surface area contributed by atoms with E-state index < -0.39 is 0 Å². The third-order valence-corrected chi connectivity index (χ3v) is 6.08. The van der Waals surface area contributed by atoms with Crippen LogP contribution in [0.3, 0.4) is 0 Å². The van der Waals surface area contributed by atoms with Gasteiger partial charge in [0.25, 0.3) is 0 Å². The molecule has 0 bridgehead atoms. The predicted octanol–water partition coefficient (Wildman–Crippen LogP) is 0.734. The van der Waals surface area contributed by atoms with Crippen LogP contribution in [0.5, 0.6) is 0 Å². The predicted molar refractivity (Wildman–Crippen MR) is 106 cm³/mol. The van der Waals surface area contributed by atoms with Crippen molar-refractivity contribution < 1.29 is 18.8 Å². The second-order valence-corrected chi connectivity index (χ2v) is 8.09.